The van der Waals surface area contributed by atoms with E-state index in [2.05, 4.69) is 5.32 Å². The van der Waals surface area contributed by atoms with Crippen LogP contribution in [-0.4, -0.2) is 26.1 Å². The lowest BCUT2D eigenvalue weighted by molar-refractivity contribution is -0.124. The fraction of sp³-hybridized carbons (Fsp3) is 0.167. The molecule has 0 saturated heterocycles. The summed E-state index contributed by atoms with van der Waals surface area (Å²) in [7, 11) is -3.58. The molecule has 0 fully saturated rings. The van der Waals surface area contributed by atoms with Crippen LogP contribution in [0.4, 0.5) is 0 Å². The van der Waals surface area contributed by atoms with Gasteiger partial charge < -0.3 is 0 Å². The maximum Gasteiger partial charge on any atom is 0.267 e. The summed E-state index contributed by atoms with van der Waals surface area (Å²) >= 11 is 0. The molecule has 0 saturated carbocycles. The summed E-state index contributed by atoms with van der Waals surface area (Å²) in [5.74, 6) is -0.649. The molecule has 6 nitrogen and oxygen atoms in total. The van der Waals surface area contributed by atoms with Crippen LogP contribution in [0.15, 0.2) is 59.5 Å². The molecule has 3 rings (SSSR count). The molecule has 2 aromatic rings. The van der Waals surface area contributed by atoms with Crippen LogP contribution in [0, 0.1) is 0 Å². The van der Waals surface area contributed by atoms with E-state index in [0.717, 1.165) is 12.0 Å². The van der Waals surface area contributed by atoms with Crippen LogP contribution in [0.3, 0.4) is 0 Å². The van der Waals surface area contributed by atoms with Gasteiger partial charge in [0.25, 0.3) is 5.91 Å². The second-order valence-electron chi connectivity index (χ2n) is 5.71. The summed E-state index contributed by atoms with van der Waals surface area (Å²) in [5, 5.41) is 10.8. The number of hydrogen-bond donors (Lipinski definition) is 3. The number of carbonyl (C=O) groups is 1. The summed E-state index contributed by atoms with van der Waals surface area (Å²) in [5.41, 5.74) is 3.84. The van der Waals surface area contributed by atoms with E-state index in [1.54, 1.807) is 36.4 Å². The van der Waals surface area contributed by atoms with Crippen LogP contribution in [-0.2, 0) is 21.1 Å². The second kappa shape index (κ2) is 7.18. The quantitative estimate of drug-likeness (QED) is 0.440. The molecule has 0 aromatic heterocycles. The standard InChI is InChI=1S/C18H18N2O4S/c21-17(20-22)9-7-13-6-8-14-10-11-19-18(16(14)12-13)25(23,24)15-4-2-1-3-5-15/h1-9,12,18-19,22H,10-11H2,(H,20,21). The molecule has 1 aliphatic rings. The highest BCUT2D eigenvalue weighted by molar-refractivity contribution is 7.91. The van der Waals surface area contributed by atoms with Gasteiger partial charge in [0.15, 0.2) is 9.84 Å². The first-order valence-electron chi connectivity index (χ1n) is 7.79. The van der Waals surface area contributed by atoms with Gasteiger partial charge in [0.1, 0.15) is 5.37 Å². The fourth-order valence-electron chi connectivity index (χ4n) is 2.87. The van der Waals surface area contributed by atoms with Crippen LogP contribution in [0.1, 0.15) is 22.1 Å². The molecular weight excluding hydrogens is 340 g/mol. The van der Waals surface area contributed by atoms with Gasteiger partial charge in [-0.3, -0.25) is 15.3 Å². The highest BCUT2D eigenvalue weighted by Gasteiger charge is 2.32. The molecule has 25 heavy (non-hydrogen) atoms. The number of benzene rings is 2. The normalized spacial score (nSPS) is 17.2. The predicted molar refractivity (Wildman–Crippen MR) is 93.5 cm³/mol. The van der Waals surface area contributed by atoms with Gasteiger partial charge in [0.2, 0.25) is 0 Å². The van der Waals surface area contributed by atoms with Crippen molar-refractivity contribution >= 4 is 21.8 Å². The second-order valence-corrected chi connectivity index (χ2v) is 7.74. The van der Waals surface area contributed by atoms with E-state index in [1.165, 1.54) is 17.6 Å². The maximum atomic E-state index is 13.0. The van der Waals surface area contributed by atoms with Crippen molar-refractivity contribution in [2.75, 3.05) is 6.54 Å². The minimum Gasteiger partial charge on any atom is -0.297 e. The van der Waals surface area contributed by atoms with E-state index in [-0.39, 0.29) is 4.90 Å². The molecule has 0 aliphatic carbocycles. The van der Waals surface area contributed by atoms with Gasteiger partial charge in [-0.2, -0.15) is 0 Å². The van der Waals surface area contributed by atoms with Gasteiger partial charge in [-0.1, -0.05) is 30.3 Å². The molecule has 7 heteroatoms. The number of sulfone groups is 1. The first-order chi connectivity index (χ1) is 12.0. The highest BCUT2D eigenvalue weighted by atomic mass is 32.2. The van der Waals surface area contributed by atoms with Crippen molar-refractivity contribution in [3.8, 4) is 0 Å². The number of rotatable bonds is 4. The lowest BCUT2D eigenvalue weighted by Gasteiger charge is -2.27. The Morgan fingerprint density at radius 1 is 1.20 bits per heavy atom. The molecule has 1 heterocycles. The zero-order valence-corrected chi connectivity index (χ0v) is 14.2. The Morgan fingerprint density at radius 2 is 1.96 bits per heavy atom. The lowest BCUT2D eigenvalue weighted by atomic mass is 9.98. The Bertz CT molecular complexity index is 908. The van der Waals surface area contributed by atoms with E-state index in [1.807, 2.05) is 12.1 Å². The zero-order valence-electron chi connectivity index (χ0n) is 13.3. The molecule has 1 aliphatic heterocycles. The topological polar surface area (TPSA) is 95.5 Å². The van der Waals surface area contributed by atoms with Crippen LogP contribution >= 0.6 is 0 Å². The van der Waals surface area contributed by atoms with Crippen LogP contribution in [0.5, 0.6) is 0 Å². The molecule has 130 valence electrons. The van der Waals surface area contributed by atoms with Gasteiger partial charge in [-0.15, -0.1) is 0 Å². The third-order valence-corrected chi connectivity index (χ3v) is 6.07. The molecule has 1 unspecified atom stereocenters. The number of fused-ring (bicyclic) bond motifs is 1. The monoisotopic (exact) mass is 358 g/mol. The van der Waals surface area contributed by atoms with Gasteiger partial charge in [-0.25, -0.2) is 13.9 Å². The van der Waals surface area contributed by atoms with Crippen molar-refractivity contribution in [2.24, 2.45) is 0 Å². The summed E-state index contributed by atoms with van der Waals surface area (Å²) < 4.78 is 26.0. The fourth-order valence-corrected chi connectivity index (χ4v) is 4.57. The van der Waals surface area contributed by atoms with Gasteiger partial charge in [-0.05, 0) is 47.4 Å². The Labute approximate surface area is 146 Å². The van der Waals surface area contributed by atoms with E-state index in [0.29, 0.717) is 17.7 Å². The van der Waals surface area contributed by atoms with Gasteiger partial charge >= 0.3 is 0 Å². The van der Waals surface area contributed by atoms with Crippen LogP contribution in [0.25, 0.3) is 6.08 Å². The van der Waals surface area contributed by atoms with Crippen molar-refractivity contribution < 1.29 is 18.4 Å². The number of nitrogens with one attached hydrogen (secondary N) is 2. The van der Waals surface area contributed by atoms with Crippen molar-refractivity contribution in [1.82, 2.24) is 10.8 Å². The van der Waals surface area contributed by atoms with Gasteiger partial charge in [0.05, 0.1) is 4.90 Å². The van der Waals surface area contributed by atoms with Crippen LogP contribution in [0.2, 0.25) is 0 Å². The first kappa shape index (κ1) is 17.3. The average molecular weight is 358 g/mol. The first-order valence-corrected chi connectivity index (χ1v) is 9.34. The smallest absolute Gasteiger partial charge is 0.267 e. The minimum absolute atomic E-state index is 0.265. The number of amides is 1. The molecule has 0 radical (unpaired) electrons. The van der Waals surface area contributed by atoms with Gasteiger partial charge in [0, 0.05) is 12.6 Å². The molecule has 1 amide bonds. The Hall–Kier alpha value is -2.48. The minimum atomic E-state index is -3.58. The summed E-state index contributed by atoms with van der Waals surface area (Å²) in [6.45, 7) is 0.575. The van der Waals surface area contributed by atoms with Crippen molar-refractivity contribution in [3.63, 3.8) is 0 Å². The van der Waals surface area contributed by atoms with E-state index in [4.69, 9.17) is 5.21 Å². The molecule has 1 atom stereocenters. The third-order valence-electron chi connectivity index (χ3n) is 4.10. The molecule has 0 spiro atoms. The summed E-state index contributed by atoms with van der Waals surface area (Å²) in [4.78, 5) is 11.4. The highest BCUT2D eigenvalue weighted by Crippen LogP contribution is 2.32. The summed E-state index contributed by atoms with van der Waals surface area (Å²) in [6.07, 6.45) is 3.43. The maximum absolute atomic E-state index is 13.0. The number of hydroxylamine groups is 1. The summed E-state index contributed by atoms with van der Waals surface area (Å²) in [6, 6.07) is 13.8. The number of hydrogen-bond acceptors (Lipinski definition) is 5. The zero-order chi connectivity index (χ0) is 17.9. The predicted octanol–water partition coefficient (Wildman–Crippen LogP) is 1.82. The molecule has 2 aromatic carbocycles. The molecule has 3 N–H and O–H groups in total. The Balaban J connectivity index is 2.01. The van der Waals surface area contributed by atoms with E-state index < -0.39 is 21.1 Å². The van der Waals surface area contributed by atoms with Crippen molar-refractivity contribution in [1.29, 1.82) is 0 Å². The third kappa shape index (κ3) is 3.63. The largest absolute Gasteiger partial charge is 0.297 e. The van der Waals surface area contributed by atoms with Crippen molar-refractivity contribution in [3.05, 3.63) is 71.3 Å². The van der Waals surface area contributed by atoms with Crippen LogP contribution < -0.4 is 10.8 Å². The molecule has 0 bridgehead atoms. The number of carbonyl (C=O) groups excluding carboxylic acids is 1. The van der Waals surface area contributed by atoms with E-state index >= 15 is 0 Å². The average Bonchev–Trinajstić information content (AvgIpc) is 2.66. The Morgan fingerprint density at radius 3 is 2.68 bits per heavy atom. The van der Waals surface area contributed by atoms with E-state index in [9.17, 15) is 13.2 Å². The SMILES string of the molecule is O=C(C=Cc1ccc2c(c1)C(S(=O)(=O)c1ccccc1)NCC2)NO. The van der Waals surface area contributed by atoms with Crippen molar-refractivity contribution in [2.45, 2.75) is 16.7 Å². The lowest BCUT2D eigenvalue weighted by Crippen LogP contribution is -2.35. The Kier molecular flexibility index (Phi) is 4.98. The molecular formula is C18H18N2O4S.